The minimum atomic E-state index is -4.13. The fourth-order valence-electron chi connectivity index (χ4n) is 3.21. The summed E-state index contributed by atoms with van der Waals surface area (Å²) in [4.78, 5) is 11.5. The van der Waals surface area contributed by atoms with Gasteiger partial charge in [-0.2, -0.15) is 13.2 Å². The molecule has 24 heavy (non-hydrogen) atoms. The topological polar surface area (TPSA) is 26.3 Å². The van der Waals surface area contributed by atoms with Gasteiger partial charge in [-0.25, -0.2) is 0 Å². The minimum absolute atomic E-state index is 0.0731. The Bertz CT molecular complexity index is 750. The van der Waals surface area contributed by atoms with Gasteiger partial charge in [0.25, 0.3) is 0 Å². The molecule has 0 aromatic heterocycles. The highest BCUT2D eigenvalue weighted by Gasteiger charge is 2.41. The van der Waals surface area contributed by atoms with Crippen LogP contribution in [0.5, 0.6) is 5.75 Å². The van der Waals surface area contributed by atoms with Crippen molar-refractivity contribution in [2.45, 2.75) is 38.0 Å². The van der Waals surface area contributed by atoms with Crippen molar-refractivity contribution in [3.05, 3.63) is 40.4 Å². The lowest BCUT2D eigenvalue weighted by Gasteiger charge is -2.30. The number of fused-ring (bicyclic) bond motifs is 1. The van der Waals surface area contributed by atoms with E-state index in [2.05, 4.69) is 15.9 Å². The van der Waals surface area contributed by atoms with Crippen LogP contribution < -0.4 is 4.74 Å². The summed E-state index contributed by atoms with van der Waals surface area (Å²) < 4.78 is 44.9. The van der Waals surface area contributed by atoms with Crippen molar-refractivity contribution in [1.82, 2.24) is 0 Å². The van der Waals surface area contributed by atoms with E-state index in [4.69, 9.17) is 4.74 Å². The molecule has 0 bridgehead atoms. The van der Waals surface area contributed by atoms with Crippen molar-refractivity contribution < 1.29 is 22.7 Å². The van der Waals surface area contributed by atoms with E-state index >= 15 is 0 Å². The van der Waals surface area contributed by atoms with Crippen LogP contribution in [0.4, 0.5) is 13.2 Å². The highest BCUT2D eigenvalue weighted by molar-refractivity contribution is 9.10. The summed E-state index contributed by atoms with van der Waals surface area (Å²) in [6.45, 7) is 0. The van der Waals surface area contributed by atoms with Gasteiger partial charge >= 0.3 is 6.18 Å². The molecule has 1 fully saturated rings. The predicted octanol–water partition coefficient (Wildman–Crippen LogP) is 5.91. The fourth-order valence-corrected chi connectivity index (χ4v) is 3.57. The molecule has 2 aromatic rings. The molecular weight excluding hydrogens is 385 g/mol. The molecule has 0 spiro atoms. The maximum Gasteiger partial charge on any atom is 0.391 e. The van der Waals surface area contributed by atoms with Gasteiger partial charge in [0, 0.05) is 4.47 Å². The van der Waals surface area contributed by atoms with Gasteiger partial charge in [-0.15, -0.1) is 0 Å². The molecular formula is C18H16BrF3O2. The molecule has 3 rings (SSSR count). The molecule has 0 heterocycles. The summed E-state index contributed by atoms with van der Waals surface area (Å²) in [6.07, 6.45) is -2.84. The first-order valence-electron chi connectivity index (χ1n) is 7.79. The molecule has 6 heteroatoms. The lowest BCUT2D eigenvalue weighted by Crippen LogP contribution is -2.32. The first kappa shape index (κ1) is 17.3. The Morgan fingerprint density at radius 2 is 1.75 bits per heavy atom. The third-order valence-corrected chi connectivity index (χ3v) is 5.03. The number of halogens is 4. The fraction of sp³-hybridized carbons (Fsp3) is 0.389. The molecule has 0 atom stereocenters. The van der Waals surface area contributed by atoms with Crippen molar-refractivity contribution in [3.8, 4) is 5.75 Å². The second-order valence-electron chi connectivity index (χ2n) is 6.09. The van der Waals surface area contributed by atoms with E-state index in [9.17, 15) is 18.0 Å². The Balaban J connectivity index is 1.80. The van der Waals surface area contributed by atoms with E-state index in [1.165, 1.54) is 0 Å². The first-order chi connectivity index (χ1) is 11.4. The standard InChI is InChI=1S/C18H16BrF3O2/c19-13-5-1-11-2-8-17(16(10-23)15(11)9-13)24-14-6-3-12(4-7-14)18(20,21)22/h1-2,5,8-10,12,14H,3-4,6-7H2. The zero-order chi connectivity index (χ0) is 17.3. The number of aldehydes is 1. The van der Waals surface area contributed by atoms with Crippen molar-refractivity contribution >= 4 is 33.0 Å². The second-order valence-corrected chi connectivity index (χ2v) is 7.01. The Morgan fingerprint density at radius 3 is 2.38 bits per heavy atom. The average Bonchev–Trinajstić information content (AvgIpc) is 2.54. The van der Waals surface area contributed by atoms with Crippen LogP contribution in [-0.2, 0) is 0 Å². The Hall–Kier alpha value is -1.56. The van der Waals surface area contributed by atoms with Crippen molar-refractivity contribution in [2.75, 3.05) is 0 Å². The Morgan fingerprint density at radius 1 is 1.08 bits per heavy atom. The summed E-state index contributed by atoms with van der Waals surface area (Å²) in [5, 5.41) is 1.68. The highest BCUT2D eigenvalue weighted by atomic mass is 79.9. The largest absolute Gasteiger partial charge is 0.490 e. The molecule has 2 aromatic carbocycles. The van der Waals surface area contributed by atoms with Gasteiger partial charge in [-0.3, -0.25) is 4.79 Å². The lowest BCUT2D eigenvalue weighted by atomic mass is 9.87. The van der Waals surface area contributed by atoms with Gasteiger partial charge in [0.15, 0.2) is 6.29 Å². The van der Waals surface area contributed by atoms with Gasteiger partial charge < -0.3 is 4.74 Å². The van der Waals surface area contributed by atoms with E-state index in [1.54, 1.807) is 6.07 Å². The van der Waals surface area contributed by atoms with Gasteiger partial charge in [-0.1, -0.05) is 28.1 Å². The van der Waals surface area contributed by atoms with Crippen LogP contribution in [0, 0.1) is 5.92 Å². The molecule has 0 N–H and O–H groups in total. The molecule has 1 aliphatic rings. The van der Waals surface area contributed by atoms with Crippen LogP contribution in [0.15, 0.2) is 34.8 Å². The maximum atomic E-state index is 12.7. The molecule has 0 saturated heterocycles. The quantitative estimate of drug-likeness (QED) is 0.598. The third kappa shape index (κ3) is 3.58. The maximum absolute atomic E-state index is 12.7. The Kier molecular flexibility index (Phi) is 4.85. The molecule has 2 nitrogen and oxygen atoms in total. The van der Waals surface area contributed by atoms with E-state index < -0.39 is 12.1 Å². The van der Waals surface area contributed by atoms with Gasteiger partial charge in [0.2, 0.25) is 0 Å². The average molecular weight is 401 g/mol. The molecule has 1 aliphatic carbocycles. The van der Waals surface area contributed by atoms with Crippen molar-refractivity contribution in [2.24, 2.45) is 5.92 Å². The smallest absolute Gasteiger partial charge is 0.391 e. The van der Waals surface area contributed by atoms with E-state index in [0.717, 1.165) is 21.5 Å². The van der Waals surface area contributed by atoms with E-state index in [1.807, 2.05) is 24.3 Å². The zero-order valence-corrected chi connectivity index (χ0v) is 14.4. The molecule has 0 aliphatic heterocycles. The van der Waals surface area contributed by atoms with Crippen LogP contribution in [0.25, 0.3) is 10.8 Å². The first-order valence-corrected chi connectivity index (χ1v) is 8.58. The molecule has 128 valence electrons. The number of carbonyl (C=O) groups excluding carboxylic acids is 1. The minimum Gasteiger partial charge on any atom is -0.490 e. The second kappa shape index (κ2) is 6.75. The van der Waals surface area contributed by atoms with Crippen molar-refractivity contribution in [1.29, 1.82) is 0 Å². The summed E-state index contributed by atoms with van der Waals surface area (Å²) in [5.41, 5.74) is 0.437. The summed E-state index contributed by atoms with van der Waals surface area (Å²) in [6, 6.07) is 9.19. The van der Waals surface area contributed by atoms with Crippen LogP contribution in [0.3, 0.4) is 0 Å². The van der Waals surface area contributed by atoms with Gasteiger partial charge in [0.1, 0.15) is 5.75 Å². The van der Waals surface area contributed by atoms with Crippen LogP contribution in [0.2, 0.25) is 0 Å². The number of rotatable bonds is 3. The number of hydrogen-bond acceptors (Lipinski definition) is 2. The molecule has 0 radical (unpaired) electrons. The van der Waals surface area contributed by atoms with Gasteiger partial charge in [0.05, 0.1) is 17.6 Å². The highest BCUT2D eigenvalue weighted by Crippen LogP contribution is 2.39. The number of alkyl halides is 3. The zero-order valence-electron chi connectivity index (χ0n) is 12.8. The molecule has 0 amide bonds. The van der Waals surface area contributed by atoms with E-state index in [-0.39, 0.29) is 18.9 Å². The van der Waals surface area contributed by atoms with Gasteiger partial charge in [-0.05, 0) is 54.7 Å². The van der Waals surface area contributed by atoms with Crippen LogP contribution in [0.1, 0.15) is 36.0 Å². The number of benzene rings is 2. The SMILES string of the molecule is O=Cc1c(OC2CCC(C(F)(F)F)CC2)ccc2ccc(Br)cc12. The van der Waals surface area contributed by atoms with E-state index in [0.29, 0.717) is 24.2 Å². The summed E-state index contributed by atoms with van der Waals surface area (Å²) in [7, 11) is 0. The lowest BCUT2D eigenvalue weighted by molar-refractivity contribution is -0.185. The summed E-state index contributed by atoms with van der Waals surface area (Å²) in [5.74, 6) is -0.804. The number of hydrogen-bond donors (Lipinski definition) is 0. The van der Waals surface area contributed by atoms with Crippen LogP contribution in [-0.4, -0.2) is 18.6 Å². The Labute approximate surface area is 146 Å². The number of carbonyl (C=O) groups is 1. The predicted molar refractivity (Wildman–Crippen MR) is 89.5 cm³/mol. The summed E-state index contributed by atoms with van der Waals surface area (Å²) >= 11 is 3.38. The van der Waals surface area contributed by atoms with Crippen molar-refractivity contribution in [3.63, 3.8) is 0 Å². The third-order valence-electron chi connectivity index (χ3n) is 4.53. The molecule has 1 saturated carbocycles. The normalized spacial score (nSPS) is 21.7. The van der Waals surface area contributed by atoms with Crippen LogP contribution >= 0.6 is 15.9 Å². The molecule has 0 unspecified atom stereocenters. The monoisotopic (exact) mass is 400 g/mol. The number of ether oxygens (including phenoxy) is 1.